The molecular weight excluding hydrogens is 256 g/mol. The SMILES string of the molecule is CNC(=O)C(C)(C)CNCC1CSc2ccccc21. The number of rotatable bonds is 5. The van der Waals surface area contributed by atoms with Gasteiger partial charge in [0.25, 0.3) is 0 Å². The van der Waals surface area contributed by atoms with Gasteiger partial charge in [-0.1, -0.05) is 18.2 Å². The van der Waals surface area contributed by atoms with Crippen molar-refractivity contribution >= 4 is 17.7 Å². The first-order valence-corrected chi connectivity index (χ1v) is 7.68. The molecule has 1 amide bonds. The fourth-order valence-electron chi connectivity index (χ4n) is 2.38. The van der Waals surface area contributed by atoms with Crippen LogP contribution < -0.4 is 10.6 Å². The van der Waals surface area contributed by atoms with Gasteiger partial charge in [-0.3, -0.25) is 4.79 Å². The highest BCUT2D eigenvalue weighted by Gasteiger charge is 2.27. The number of hydrogen-bond acceptors (Lipinski definition) is 3. The Bertz CT molecular complexity index is 459. The van der Waals surface area contributed by atoms with Gasteiger partial charge in [0, 0.05) is 36.7 Å². The normalized spacial score (nSPS) is 18.2. The van der Waals surface area contributed by atoms with E-state index in [2.05, 4.69) is 34.9 Å². The van der Waals surface area contributed by atoms with E-state index in [0.717, 1.165) is 12.3 Å². The van der Waals surface area contributed by atoms with Gasteiger partial charge in [0.1, 0.15) is 0 Å². The molecule has 1 aliphatic rings. The molecule has 1 unspecified atom stereocenters. The smallest absolute Gasteiger partial charge is 0.226 e. The molecule has 1 aliphatic heterocycles. The predicted octanol–water partition coefficient (Wildman–Crippen LogP) is 2.24. The van der Waals surface area contributed by atoms with Crippen LogP contribution in [0.4, 0.5) is 0 Å². The summed E-state index contributed by atoms with van der Waals surface area (Å²) < 4.78 is 0. The van der Waals surface area contributed by atoms with Crippen molar-refractivity contribution in [2.45, 2.75) is 24.7 Å². The molecule has 3 nitrogen and oxygen atoms in total. The topological polar surface area (TPSA) is 41.1 Å². The van der Waals surface area contributed by atoms with Gasteiger partial charge < -0.3 is 10.6 Å². The van der Waals surface area contributed by atoms with Crippen molar-refractivity contribution < 1.29 is 4.79 Å². The predicted molar refractivity (Wildman–Crippen MR) is 80.6 cm³/mol. The Balaban J connectivity index is 1.86. The van der Waals surface area contributed by atoms with Gasteiger partial charge in [0.2, 0.25) is 5.91 Å². The van der Waals surface area contributed by atoms with Crippen LogP contribution in [0.25, 0.3) is 0 Å². The van der Waals surface area contributed by atoms with E-state index in [-0.39, 0.29) is 11.3 Å². The molecule has 1 aromatic carbocycles. The van der Waals surface area contributed by atoms with Crippen LogP contribution in [0, 0.1) is 5.41 Å². The molecule has 104 valence electrons. The van der Waals surface area contributed by atoms with Gasteiger partial charge in [-0.15, -0.1) is 11.8 Å². The molecule has 2 rings (SSSR count). The standard InChI is InChI=1S/C15H22N2OS/c1-15(2,14(18)16-3)10-17-8-11-9-19-13-7-5-4-6-12(11)13/h4-7,11,17H,8-10H2,1-3H3,(H,16,18). The van der Waals surface area contributed by atoms with Gasteiger partial charge in [-0.25, -0.2) is 0 Å². The average Bonchev–Trinajstić information content (AvgIpc) is 2.81. The fraction of sp³-hybridized carbons (Fsp3) is 0.533. The molecule has 1 aromatic rings. The average molecular weight is 278 g/mol. The summed E-state index contributed by atoms with van der Waals surface area (Å²) in [6, 6.07) is 8.60. The Morgan fingerprint density at radius 2 is 2.16 bits per heavy atom. The van der Waals surface area contributed by atoms with Crippen LogP contribution in [-0.4, -0.2) is 31.8 Å². The van der Waals surface area contributed by atoms with E-state index in [1.807, 2.05) is 25.6 Å². The summed E-state index contributed by atoms with van der Waals surface area (Å²) in [5, 5.41) is 6.17. The van der Waals surface area contributed by atoms with Crippen molar-refractivity contribution in [3.63, 3.8) is 0 Å². The zero-order chi connectivity index (χ0) is 13.9. The quantitative estimate of drug-likeness (QED) is 0.868. The third kappa shape index (κ3) is 3.31. The van der Waals surface area contributed by atoms with Gasteiger partial charge in [0.15, 0.2) is 0 Å². The summed E-state index contributed by atoms with van der Waals surface area (Å²) in [5.41, 5.74) is 1.08. The molecule has 0 spiro atoms. The zero-order valence-electron chi connectivity index (χ0n) is 11.8. The van der Waals surface area contributed by atoms with E-state index in [0.29, 0.717) is 12.5 Å². The Hall–Kier alpha value is -1.00. The maximum absolute atomic E-state index is 11.7. The van der Waals surface area contributed by atoms with E-state index in [9.17, 15) is 4.79 Å². The van der Waals surface area contributed by atoms with E-state index in [1.54, 1.807) is 7.05 Å². The van der Waals surface area contributed by atoms with Crippen LogP contribution in [0.1, 0.15) is 25.3 Å². The van der Waals surface area contributed by atoms with Crippen LogP contribution in [0.15, 0.2) is 29.2 Å². The second kappa shape index (κ2) is 5.97. The Kier molecular flexibility index (Phi) is 4.53. The van der Waals surface area contributed by atoms with Gasteiger partial charge in [-0.2, -0.15) is 0 Å². The molecule has 1 atom stereocenters. The summed E-state index contributed by atoms with van der Waals surface area (Å²) in [7, 11) is 1.69. The molecule has 0 radical (unpaired) electrons. The van der Waals surface area contributed by atoms with Crippen LogP contribution in [0.2, 0.25) is 0 Å². The third-order valence-corrected chi connectivity index (χ3v) is 4.85. The minimum atomic E-state index is -0.361. The molecular formula is C15H22N2OS. The lowest BCUT2D eigenvalue weighted by Gasteiger charge is -2.24. The van der Waals surface area contributed by atoms with Crippen molar-refractivity contribution in [2.75, 3.05) is 25.9 Å². The third-order valence-electron chi connectivity index (χ3n) is 3.60. The van der Waals surface area contributed by atoms with E-state index < -0.39 is 0 Å². The fourth-order valence-corrected chi connectivity index (χ4v) is 3.63. The number of carbonyl (C=O) groups is 1. The van der Waals surface area contributed by atoms with E-state index in [4.69, 9.17) is 0 Å². The first-order chi connectivity index (χ1) is 9.04. The van der Waals surface area contributed by atoms with Crippen LogP contribution in [0.3, 0.4) is 0 Å². The van der Waals surface area contributed by atoms with Crippen molar-refractivity contribution in [1.82, 2.24) is 10.6 Å². The number of amides is 1. The summed E-state index contributed by atoms with van der Waals surface area (Å²) in [4.78, 5) is 13.1. The van der Waals surface area contributed by atoms with Crippen molar-refractivity contribution in [1.29, 1.82) is 0 Å². The molecule has 4 heteroatoms. The highest BCUT2D eigenvalue weighted by molar-refractivity contribution is 7.99. The second-order valence-corrected chi connectivity index (χ2v) is 6.70. The van der Waals surface area contributed by atoms with E-state index >= 15 is 0 Å². The minimum absolute atomic E-state index is 0.0844. The van der Waals surface area contributed by atoms with Gasteiger partial charge in [-0.05, 0) is 25.5 Å². The summed E-state index contributed by atoms with van der Waals surface area (Å²) in [6.45, 7) is 5.58. The number of benzene rings is 1. The summed E-state index contributed by atoms with van der Waals surface area (Å²) in [6.07, 6.45) is 0. The summed E-state index contributed by atoms with van der Waals surface area (Å²) in [5.74, 6) is 1.77. The maximum atomic E-state index is 11.7. The lowest BCUT2D eigenvalue weighted by atomic mass is 9.92. The molecule has 0 bridgehead atoms. The number of thioether (sulfide) groups is 1. The molecule has 0 aromatic heterocycles. The monoisotopic (exact) mass is 278 g/mol. The molecule has 1 heterocycles. The van der Waals surface area contributed by atoms with Gasteiger partial charge in [0.05, 0.1) is 5.41 Å². The van der Waals surface area contributed by atoms with Crippen molar-refractivity contribution in [3.05, 3.63) is 29.8 Å². The van der Waals surface area contributed by atoms with Crippen LogP contribution in [-0.2, 0) is 4.79 Å². The highest BCUT2D eigenvalue weighted by Crippen LogP contribution is 2.38. The number of nitrogens with one attached hydrogen (secondary N) is 2. The van der Waals surface area contributed by atoms with E-state index in [1.165, 1.54) is 10.5 Å². The Morgan fingerprint density at radius 3 is 2.89 bits per heavy atom. The van der Waals surface area contributed by atoms with Crippen LogP contribution in [0.5, 0.6) is 0 Å². The number of hydrogen-bond donors (Lipinski definition) is 2. The highest BCUT2D eigenvalue weighted by atomic mass is 32.2. The number of fused-ring (bicyclic) bond motifs is 1. The molecule has 2 N–H and O–H groups in total. The first-order valence-electron chi connectivity index (χ1n) is 6.69. The second-order valence-electron chi connectivity index (χ2n) is 5.64. The maximum Gasteiger partial charge on any atom is 0.226 e. The Labute approximate surface area is 119 Å². The largest absolute Gasteiger partial charge is 0.359 e. The first kappa shape index (κ1) is 14.4. The minimum Gasteiger partial charge on any atom is -0.359 e. The molecule has 0 saturated carbocycles. The van der Waals surface area contributed by atoms with Crippen molar-refractivity contribution in [3.8, 4) is 0 Å². The van der Waals surface area contributed by atoms with Gasteiger partial charge >= 0.3 is 0 Å². The lowest BCUT2D eigenvalue weighted by molar-refractivity contribution is -0.128. The lowest BCUT2D eigenvalue weighted by Crippen LogP contribution is -2.42. The molecule has 19 heavy (non-hydrogen) atoms. The summed E-state index contributed by atoms with van der Waals surface area (Å²) >= 11 is 1.93. The molecule has 0 saturated heterocycles. The molecule has 0 fully saturated rings. The van der Waals surface area contributed by atoms with Crippen molar-refractivity contribution in [2.24, 2.45) is 5.41 Å². The molecule has 0 aliphatic carbocycles. The Morgan fingerprint density at radius 1 is 1.42 bits per heavy atom. The number of carbonyl (C=O) groups excluding carboxylic acids is 1. The zero-order valence-corrected chi connectivity index (χ0v) is 12.6. The van der Waals surface area contributed by atoms with Crippen LogP contribution >= 0.6 is 11.8 Å².